The fraction of sp³-hybridized carbons (Fsp3) is 1.00. The molecule has 0 aromatic rings. The minimum Gasteiger partial charge on any atom is -0.329 e. The van der Waals surface area contributed by atoms with E-state index in [-0.39, 0.29) is 0 Å². The molecule has 0 bridgehead atoms. The highest BCUT2D eigenvalue weighted by Crippen LogP contribution is 2.38. The van der Waals surface area contributed by atoms with Gasteiger partial charge in [0.2, 0.25) is 0 Å². The van der Waals surface area contributed by atoms with Crippen LogP contribution in [-0.2, 0) is 0 Å². The topological polar surface area (TPSA) is 29.3 Å². The van der Waals surface area contributed by atoms with Crippen LogP contribution in [0.5, 0.6) is 0 Å². The maximum atomic E-state index is 6.03. The number of nitrogens with two attached hydrogens (primary N) is 1. The van der Waals surface area contributed by atoms with Crippen molar-refractivity contribution in [2.45, 2.75) is 44.2 Å². The molecule has 0 radical (unpaired) electrons. The van der Waals surface area contributed by atoms with Gasteiger partial charge < -0.3 is 5.73 Å². The van der Waals surface area contributed by atoms with E-state index in [2.05, 4.69) is 23.6 Å². The van der Waals surface area contributed by atoms with Crippen LogP contribution in [-0.4, -0.2) is 41.1 Å². The molecule has 2 rings (SSSR count). The summed E-state index contributed by atoms with van der Waals surface area (Å²) < 4.78 is 0. The summed E-state index contributed by atoms with van der Waals surface area (Å²) >= 11 is 2.09. The predicted molar refractivity (Wildman–Crippen MR) is 63.7 cm³/mol. The van der Waals surface area contributed by atoms with E-state index in [1.54, 1.807) is 0 Å². The second-order valence-corrected chi connectivity index (χ2v) is 5.71. The minimum absolute atomic E-state index is 0.346. The first-order chi connectivity index (χ1) is 6.82. The number of rotatable bonds is 4. The van der Waals surface area contributed by atoms with Crippen LogP contribution in [0.25, 0.3) is 0 Å². The molecule has 0 aromatic heterocycles. The highest BCUT2D eigenvalue weighted by atomic mass is 32.2. The van der Waals surface area contributed by atoms with Gasteiger partial charge in [0, 0.05) is 23.9 Å². The van der Waals surface area contributed by atoms with Crippen molar-refractivity contribution in [3.8, 4) is 0 Å². The Morgan fingerprint density at radius 3 is 2.71 bits per heavy atom. The highest BCUT2D eigenvalue weighted by Gasteiger charge is 2.43. The predicted octanol–water partition coefficient (Wildman–Crippen LogP) is 1.70. The third kappa shape index (κ3) is 1.95. The maximum Gasteiger partial charge on any atom is 0.0425 e. The maximum absolute atomic E-state index is 6.03. The molecular formula is C11H22N2S. The zero-order chi connectivity index (χ0) is 10.0. The van der Waals surface area contributed by atoms with Gasteiger partial charge in [0.15, 0.2) is 0 Å². The van der Waals surface area contributed by atoms with Crippen molar-refractivity contribution >= 4 is 11.8 Å². The Kier molecular flexibility index (Phi) is 3.40. The Hall–Kier alpha value is 0.270. The van der Waals surface area contributed by atoms with Gasteiger partial charge in [-0.05, 0) is 38.0 Å². The van der Waals surface area contributed by atoms with E-state index in [1.807, 2.05) is 0 Å². The van der Waals surface area contributed by atoms with Gasteiger partial charge in [0.25, 0.3) is 0 Å². The average molecular weight is 214 g/mol. The largest absolute Gasteiger partial charge is 0.329 e. The molecular weight excluding hydrogens is 192 g/mol. The molecule has 1 saturated heterocycles. The average Bonchev–Trinajstić information content (AvgIpc) is 3.05. The first-order valence-electron chi connectivity index (χ1n) is 5.87. The van der Waals surface area contributed by atoms with Crippen molar-refractivity contribution < 1.29 is 0 Å². The molecule has 1 saturated carbocycles. The van der Waals surface area contributed by atoms with Crippen LogP contribution >= 0.6 is 11.8 Å². The number of thioether (sulfide) groups is 1. The summed E-state index contributed by atoms with van der Waals surface area (Å²) in [4.78, 5) is 2.69. The Balaban J connectivity index is 2.06. The van der Waals surface area contributed by atoms with Gasteiger partial charge in [-0.3, -0.25) is 4.90 Å². The second-order valence-electron chi connectivity index (χ2n) is 4.60. The molecule has 2 fully saturated rings. The number of hydrogen-bond acceptors (Lipinski definition) is 3. The van der Waals surface area contributed by atoms with Crippen molar-refractivity contribution in [2.75, 3.05) is 24.6 Å². The Labute approximate surface area is 91.6 Å². The summed E-state index contributed by atoms with van der Waals surface area (Å²) in [5.41, 5.74) is 6.37. The van der Waals surface area contributed by atoms with Gasteiger partial charge in [0.1, 0.15) is 0 Å². The highest BCUT2D eigenvalue weighted by molar-refractivity contribution is 7.99. The van der Waals surface area contributed by atoms with Crippen molar-refractivity contribution in [3.63, 3.8) is 0 Å². The molecule has 14 heavy (non-hydrogen) atoms. The van der Waals surface area contributed by atoms with E-state index in [1.165, 1.54) is 43.7 Å². The zero-order valence-corrected chi connectivity index (χ0v) is 9.98. The number of hydrogen-bond donors (Lipinski definition) is 1. The van der Waals surface area contributed by atoms with Crippen LogP contribution in [0.4, 0.5) is 0 Å². The second kappa shape index (κ2) is 4.42. The molecule has 1 aliphatic carbocycles. The molecule has 82 valence electrons. The van der Waals surface area contributed by atoms with Gasteiger partial charge >= 0.3 is 0 Å². The van der Waals surface area contributed by atoms with Gasteiger partial charge in [-0.25, -0.2) is 0 Å². The Morgan fingerprint density at radius 2 is 2.29 bits per heavy atom. The Morgan fingerprint density at radius 1 is 1.50 bits per heavy atom. The van der Waals surface area contributed by atoms with E-state index in [0.717, 1.165) is 12.6 Å². The van der Waals surface area contributed by atoms with Crippen LogP contribution < -0.4 is 5.73 Å². The molecule has 0 aromatic carbocycles. The molecule has 2 nitrogen and oxygen atoms in total. The van der Waals surface area contributed by atoms with Gasteiger partial charge in [-0.2, -0.15) is 11.8 Å². The smallest absolute Gasteiger partial charge is 0.0425 e. The SMILES string of the molecule is CCN(C1CC1)C1(CN)CCCSC1. The van der Waals surface area contributed by atoms with Crippen LogP contribution in [0, 0.1) is 0 Å². The van der Waals surface area contributed by atoms with E-state index in [0.29, 0.717) is 5.54 Å². The summed E-state index contributed by atoms with van der Waals surface area (Å²) in [7, 11) is 0. The molecule has 1 heterocycles. The summed E-state index contributed by atoms with van der Waals surface area (Å²) in [5, 5.41) is 0. The van der Waals surface area contributed by atoms with E-state index in [9.17, 15) is 0 Å². The van der Waals surface area contributed by atoms with Crippen LogP contribution in [0.1, 0.15) is 32.6 Å². The lowest BCUT2D eigenvalue weighted by atomic mass is 9.92. The molecule has 1 unspecified atom stereocenters. The fourth-order valence-electron chi connectivity index (χ4n) is 2.71. The number of nitrogens with zero attached hydrogens (tertiary/aromatic N) is 1. The fourth-order valence-corrected chi connectivity index (χ4v) is 4.01. The molecule has 0 spiro atoms. The van der Waals surface area contributed by atoms with Crippen molar-refractivity contribution in [3.05, 3.63) is 0 Å². The third-order valence-electron chi connectivity index (χ3n) is 3.62. The van der Waals surface area contributed by atoms with Gasteiger partial charge in [0.05, 0.1) is 0 Å². The van der Waals surface area contributed by atoms with Crippen LogP contribution in [0.3, 0.4) is 0 Å². The lowest BCUT2D eigenvalue weighted by molar-refractivity contribution is 0.0999. The third-order valence-corrected chi connectivity index (χ3v) is 4.94. The quantitative estimate of drug-likeness (QED) is 0.772. The summed E-state index contributed by atoms with van der Waals surface area (Å²) in [6.07, 6.45) is 5.48. The zero-order valence-electron chi connectivity index (χ0n) is 9.17. The lowest BCUT2D eigenvalue weighted by Gasteiger charge is -2.45. The molecule has 1 aliphatic heterocycles. The molecule has 0 amide bonds. The molecule has 3 heteroatoms. The van der Waals surface area contributed by atoms with Crippen LogP contribution in [0.2, 0.25) is 0 Å². The first kappa shape index (κ1) is 10.8. The van der Waals surface area contributed by atoms with E-state index in [4.69, 9.17) is 5.73 Å². The van der Waals surface area contributed by atoms with Crippen molar-refractivity contribution in [1.82, 2.24) is 4.90 Å². The standard InChI is InChI=1S/C11H22N2S/c1-2-13(10-4-5-10)11(8-12)6-3-7-14-9-11/h10H,2-9,12H2,1H3. The van der Waals surface area contributed by atoms with Gasteiger partial charge in [-0.1, -0.05) is 6.92 Å². The van der Waals surface area contributed by atoms with Crippen molar-refractivity contribution in [2.24, 2.45) is 5.73 Å². The molecule has 2 aliphatic rings. The van der Waals surface area contributed by atoms with Crippen LogP contribution in [0.15, 0.2) is 0 Å². The number of likely N-dealkylation sites (N-methyl/N-ethyl adjacent to an activating group) is 1. The monoisotopic (exact) mass is 214 g/mol. The van der Waals surface area contributed by atoms with E-state index >= 15 is 0 Å². The molecule has 2 N–H and O–H groups in total. The van der Waals surface area contributed by atoms with Gasteiger partial charge in [-0.15, -0.1) is 0 Å². The summed E-state index contributed by atoms with van der Waals surface area (Å²) in [5.74, 6) is 2.60. The summed E-state index contributed by atoms with van der Waals surface area (Å²) in [6.45, 7) is 4.32. The van der Waals surface area contributed by atoms with E-state index < -0.39 is 0 Å². The minimum atomic E-state index is 0.346. The first-order valence-corrected chi connectivity index (χ1v) is 7.02. The summed E-state index contributed by atoms with van der Waals surface area (Å²) in [6, 6.07) is 0.863. The Bertz CT molecular complexity index is 186. The molecule has 1 atom stereocenters. The lowest BCUT2D eigenvalue weighted by Crippen LogP contribution is -2.57. The normalized spacial score (nSPS) is 33.6. The van der Waals surface area contributed by atoms with Crippen molar-refractivity contribution in [1.29, 1.82) is 0 Å².